The summed E-state index contributed by atoms with van der Waals surface area (Å²) < 4.78 is 5.91. The standard InChI is InChI=1S/C17H13ClN4O2S/c18-14-3-10(12-4-19-8-20-5-12)1-11-2-13(24-16(11)14)6-22-17(23)15-7-21-9-25-15/h1,3-5,7-9,13H,2,6H2,(H,22,23). The summed E-state index contributed by atoms with van der Waals surface area (Å²) in [5, 5.41) is 3.42. The lowest BCUT2D eigenvalue weighted by atomic mass is 10.0. The lowest BCUT2D eigenvalue weighted by Crippen LogP contribution is -2.34. The van der Waals surface area contributed by atoms with Gasteiger partial charge in [0.25, 0.3) is 5.91 Å². The minimum atomic E-state index is -0.147. The molecule has 6 nitrogen and oxygen atoms in total. The fourth-order valence-corrected chi connectivity index (χ4v) is 3.56. The van der Waals surface area contributed by atoms with Gasteiger partial charge in [0.2, 0.25) is 0 Å². The lowest BCUT2D eigenvalue weighted by Gasteiger charge is -2.11. The SMILES string of the molecule is O=C(NCC1Cc2cc(-c3cncnc3)cc(Cl)c2O1)c1cncs1. The van der Waals surface area contributed by atoms with Crippen molar-refractivity contribution in [2.75, 3.05) is 6.54 Å². The zero-order valence-electron chi connectivity index (χ0n) is 13.0. The molecule has 126 valence electrons. The third-order valence-electron chi connectivity index (χ3n) is 3.89. The number of hydrogen-bond donors (Lipinski definition) is 1. The first-order valence-electron chi connectivity index (χ1n) is 7.62. The molecule has 1 unspecified atom stereocenters. The fraction of sp³-hybridized carbons (Fsp3) is 0.176. The quantitative estimate of drug-likeness (QED) is 0.761. The second kappa shape index (κ2) is 6.78. The van der Waals surface area contributed by atoms with Gasteiger partial charge < -0.3 is 10.1 Å². The van der Waals surface area contributed by atoms with Gasteiger partial charge >= 0.3 is 0 Å². The first kappa shape index (κ1) is 16.0. The van der Waals surface area contributed by atoms with Crippen molar-refractivity contribution in [1.82, 2.24) is 20.3 Å². The molecule has 1 amide bonds. The largest absolute Gasteiger partial charge is 0.486 e. The van der Waals surface area contributed by atoms with E-state index in [0.717, 1.165) is 16.7 Å². The third-order valence-corrected chi connectivity index (χ3v) is 4.95. The first-order valence-corrected chi connectivity index (χ1v) is 8.87. The Labute approximate surface area is 152 Å². The van der Waals surface area contributed by atoms with Gasteiger partial charge in [0.05, 0.1) is 23.3 Å². The molecule has 1 aromatic carbocycles. The normalized spacial score (nSPS) is 15.5. The third kappa shape index (κ3) is 3.33. The van der Waals surface area contributed by atoms with Gasteiger partial charge in [0, 0.05) is 29.9 Å². The van der Waals surface area contributed by atoms with Crippen molar-refractivity contribution in [3.63, 3.8) is 0 Å². The molecule has 3 aromatic rings. The van der Waals surface area contributed by atoms with Crippen LogP contribution in [0.5, 0.6) is 5.75 Å². The van der Waals surface area contributed by atoms with Crippen LogP contribution in [0.25, 0.3) is 11.1 Å². The number of hydrogen-bond acceptors (Lipinski definition) is 6. The molecule has 1 aliphatic heterocycles. The van der Waals surface area contributed by atoms with Crippen molar-refractivity contribution in [3.05, 3.63) is 58.0 Å². The van der Waals surface area contributed by atoms with Crippen LogP contribution in [0.1, 0.15) is 15.2 Å². The van der Waals surface area contributed by atoms with E-state index in [9.17, 15) is 4.79 Å². The molecule has 3 heterocycles. The van der Waals surface area contributed by atoms with Crippen molar-refractivity contribution in [2.24, 2.45) is 0 Å². The van der Waals surface area contributed by atoms with Crippen LogP contribution in [0.15, 0.2) is 42.6 Å². The number of thiazole rings is 1. The van der Waals surface area contributed by atoms with Gasteiger partial charge in [0.15, 0.2) is 0 Å². The van der Waals surface area contributed by atoms with Gasteiger partial charge in [-0.05, 0) is 17.7 Å². The summed E-state index contributed by atoms with van der Waals surface area (Å²) in [4.78, 5) is 24.6. The van der Waals surface area contributed by atoms with Crippen molar-refractivity contribution >= 4 is 28.8 Å². The Bertz CT molecular complexity index is 903. The van der Waals surface area contributed by atoms with Crippen LogP contribution in [0.2, 0.25) is 5.02 Å². The summed E-state index contributed by atoms with van der Waals surface area (Å²) >= 11 is 7.68. The summed E-state index contributed by atoms with van der Waals surface area (Å²) in [7, 11) is 0. The highest BCUT2D eigenvalue weighted by molar-refractivity contribution is 7.11. The van der Waals surface area contributed by atoms with Gasteiger partial charge in [-0.1, -0.05) is 11.6 Å². The molecular weight excluding hydrogens is 360 g/mol. The molecule has 0 saturated heterocycles. The molecule has 1 N–H and O–H groups in total. The topological polar surface area (TPSA) is 77.0 Å². The highest BCUT2D eigenvalue weighted by atomic mass is 35.5. The van der Waals surface area contributed by atoms with Crippen molar-refractivity contribution in [1.29, 1.82) is 0 Å². The Hall–Kier alpha value is -2.51. The molecule has 4 rings (SSSR count). The maximum Gasteiger partial charge on any atom is 0.263 e. The van der Waals surface area contributed by atoms with Gasteiger partial charge in [-0.3, -0.25) is 9.78 Å². The molecule has 2 aromatic heterocycles. The molecule has 0 fully saturated rings. The van der Waals surface area contributed by atoms with E-state index in [1.807, 2.05) is 12.1 Å². The number of aromatic nitrogens is 3. The zero-order valence-corrected chi connectivity index (χ0v) is 14.5. The minimum absolute atomic E-state index is 0.143. The van der Waals surface area contributed by atoms with E-state index >= 15 is 0 Å². The number of carbonyl (C=O) groups excluding carboxylic acids is 1. The number of nitrogens with zero attached hydrogens (tertiary/aromatic N) is 3. The van der Waals surface area contributed by atoms with E-state index in [1.54, 1.807) is 24.1 Å². The Morgan fingerprint density at radius 3 is 2.84 bits per heavy atom. The molecule has 0 bridgehead atoms. The molecule has 0 radical (unpaired) electrons. The number of carbonyl (C=O) groups is 1. The van der Waals surface area contributed by atoms with Gasteiger partial charge in [-0.25, -0.2) is 9.97 Å². The first-order chi connectivity index (χ1) is 12.2. The van der Waals surface area contributed by atoms with Crippen molar-refractivity contribution in [2.45, 2.75) is 12.5 Å². The fourth-order valence-electron chi connectivity index (χ4n) is 2.74. The lowest BCUT2D eigenvalue weighted by molar-refractivity contribution is 0.0937. The Morgan fingerprint density at radius 1 is 1.24 bits per heavy atom. The molecule has 0 aliphatic carbocycles. The Morgan fingerprint density at radius 2 is 2.08 bits per heavy atom. The van der Waals surface area contributed by atoms with Gasteiger partial charge in [-0.15, -0.1) is 11.3 Å². The summed E-state index contributed by atoms with van der Waals surface area (Å²) in [5.41, 5.74) is 4.49. The maximum atomic E-state index is 12.0. The van der Waals surface area contributed by atoms with Gasteiger partial charge in [-0.2, -0.15) is 0 Å². The van der Waals surface area contributed by atoms with Crippen LogP contribution in [0, 0.1) is 0 Å². The number of ether oxygens (including phenoxy) is 1. The van der Waals surface area contributed by atoms with Crippen molar-refractivity contribution in [3.8, 4) is 16.9 Å². The summed E-state index contributed by atoms with van der Waals surface area (Å²) in [5.74, 6) is 0.537. The second-order valence-corrected chi connectivity index (χ2v) is 6.89. The monoisotopic (exact) mass is 372 g/mol. The van der Waals surface area contributed by atoms with Crippen LogP contribution in [-0.4, -0.2) is 33.5 Å². The molecule has 1 atom stereocenters. The van der Waals surface area contributed by atoms with Gasteiger partial charge in [0.1, 0.15) is 23.1 Å². The van der Waals surface area contributed by atoms with E-state index < -0.39 is 0 Å². The summed E-state index contributed by atoms with van der Waals surface area (Å²) in [6.45, 7) is 0.408. The molecular formula is C17H13ClN4O2S. The van der Waals surface area contributed by atoms with E-state index in [2.05, 4.69) is 20.3 Å². The van der Waals surface area contributed by atoms with E-state index in [0.29, 0.717) is 28.6 Å². The van der Waals surface area contributed by atoms with E-state index in [-0.39, 0.29) is 12.0 Å². The minimum Gasteiger partial charge on any atom is -0.486 e. The van der Waals surface area contributed by atoms with Crippen LogP contribution >= 0.6 is 22.9 Å². The number of benzene rings is 1. The summed E-state index contributed by atoms with van der Waals surface area (Å²) in [6.07, 6.45) is 7.06. The zero-order chi connectivity index (χ0) is 17.2. The smallest absolute Gasteiger partial charge is 0.263 e. The maximum absolute atomic E-state index is 12.0. The predicted octanol–water partition coefficient (Wildman–Crippen LogP) is 2.99. The van der Waals surface area contributed by atoms with Crippen molar-refractivity contribution < 1.29 is 9.53 Å². The number of amides is 1. The second-order valence-electron chi connectivity index (χ2n) is 5.59. The van der Waals surface area contributed by atoms with E-state index in [1.165, 1.54) is 17.7 Å². The molecule has 0 spiro atoms. The van der Waals surface area contributed by atoms with Crippen LogP contribution in [0.3, 0.4) is 0 Å². The number of nitrogens with one attached hydrogen (secondary N) is 1. The van der Waals surface area contributed by atoms with Crippen LogP contribution in [-0.2, 0) is 6.42 Å². The van der Waals surface area contributed by atoms with Crippen LogP contribution < -0.4 is 10.1 Å². The average Bonchev–Trinajstić information content (AvgIpc) is 3.30. The molecule has 0 saturated carbocycles. The highest BCUT2D eigenvalue weighted by Crippen LogP contribution is 2.39. The molecule has 25 heavy (non-hydrogen) atoms. The number of halogens is 1. The average molecular weight is 373 g/mol. The van der Waals surface area contributed by atoms with Crippen LogP contribution in [0.4, 0.5) is 0 Å². The highest BCUT2D eigenvalue weighted by Gasteiger charge is 2.26. The Balaban J connectivity index is 1.47. The number of rotatable bonds is 4. The number of fused-ring (bicyclic) bond motifs is 1. The Kier molecular flexibility index (Phi) is 4.33. The molecule has 1 aliphatic rings. The predicted molar refractivity (Wildman–Crippen MR) is 95.0 cm³/mol. The summed E-state index contributed by atoms with van der Waals surface area (Å²) in [6, 6.07) is 3.88. The molecule has 8 heteroatoms. The van der Waals surface area contributed by atoms with E-state index in [4.69, 9.17) is 16.3 Å².